The second-order valence-corrected chi connectivity index (χ2v) is 8.25. The highest BCUT2D eigenvalue weighted by Gasteiger charge is 2.22. The molecule has 0 aliphatic carbocycles. The Bertz CT molecular complexity index is 1090. The lowest BCUT2D eigenvalue weighted by atomic mass is 10.0. The molecule has 0 fully saturated rings. The van der Waals surface area contributed by atoms with Crippen molar-refractivity contribution in [1.82, 2.24) is 20.9 Å². The number of hydrogen-bond donors (Lipinski definition) is 6. The number of fused-ring (bicyclic) bond motifs is 1. The normalized spacial score (nSPS) is 13.1. The first kappa shape index (κ1) is 29.0. The van der Waals surface area contributed by atoms with Crippen LogP contribution in [0.3, 0.4) is 0 Å². The van der Waals surface area contributed by atoms with Gasteiger partial charge in [0, 0.05) is 31.0 Å². The summed E-state index contributed by atoms with van der Waals surface area (Å²) in [6, 6.07) is 6.31. The van der Waals surface area contributed by atoms with Gasteiger partial charge in [-0.1, -0.05) is 18.2 Å². The maximum absolute atomic E-state index is 12.4. The van der Waals surface area contributed by atoms with Crippen molar-refractivity contribution in [2.45, 2.75) is 56.8 Å². The van der Waals surface area contributed by atoms with Crippen molar-refractivity contribution >= 4 is 41.3 Å². The maximum Gasteiger partial charge on any atom is 0.326 e. The Kier molecular flexibility index (Phi) is 11.7. The number of rotatable bonds is 16. The average Bonchev–Trinajstić information content (AvgIpc) is 2.86. The van der Waals surface area contributed by atoms with Crippen LogP contribution in [0.1, 0.15) is 37.7 Å². The number of carbonyl (C=O) groups is 5. The summed E-state index contributed by atoms with van der Waals surface area (Å²) in [6.45, 7) is 0.452. The molecule has 0 aliphatic rings. The van der Waals surface area contributed by atoms with Crippen LogP contribution >= 0.6 is 0 Å². The average molecular weight is 518 g/mol. The maximum atomic E-state index is 12.4. The number of amides is 3. The van der Waals surface area contributed by atoms with Crippen molar-refractivity contribution < 1.29 is 38.9 Å². The molecule has 7 N–H and O–H groups in total. The van der Waals surface area contributed by atoms with E-state index in [4.69, 9.17) is 20.7 Å². The first-order chi connectivity index (χ1) is 17.7. The molecule has 0 bridgehead atoms. The Morgan fingerprint density at radius 2 is 1.81 bits per heavy atom. The largest absolute Gasteiger partial charge is 0.481 e. The number of aliphatic carboxylic acids is 2. The number of nitrogens with one attached hydrogen (secondary N) is 3. The molecule has 2 rings (SSSR count). The minimum absolute atomic E-state index is 0.146. The number of para-hydroxylation sites is 1. The predicted molar refractivity (Wildman–Crippen MR) is 131 cm³/mol. The molecule has 13 heteroatoms. The number of unbranched alkanes of at least 4 members (excludes halogenated alkanes) is 1. The van der Waals surface area contributed by atoms with Gasteiger partial charge in [-0.15, -0.1) is 0 Å². The van der Waals surface area contributed by atoms with Crippen molar-refractivity contribution in [1.29, 1.82) is 0 Å². The van der Waals surface area contributed by atoms with Gasteiger partial charge in [0.1, 0.15) is 6.04 Å². The van der Waals surface area contributed by atoms with Crippen molar-refractivity contribution in [3.63, 3.8) is 0 Å². The molecule has 37 heavy (non-hydrogen) atoms. The second kappa shape index (κ2) is 15.0. The number of benzene rings is 1. The molecule has 13 nitrogen and oxygen atoms in total. The molecule has 0 saturated heterocycles. The molecule has 0 radical (unpaired) electrons. The molecule has 0 aliphatic heterocycles. The van der Waals surface area contributed by atoms with Crippen LogP contribution in [0.4, 0.5) is 4.79 Å². The van der Waals surface area contributed by atoms with Crippen LogP contribution in [0, 0.1) is 0 Å². The monoisotopic (exact) mass is 517 g/mol. The van der Waals surface area contributed by atoms with Gasteiger partial charge in [0.25, 0.3) is 6.47 Å². The number of pyridine rings is 1. The number of nitrogens with zero attached hydrogens (tertiary/aromatic N) is 1. The Balaban J connectivity index is 1.74. The number of nitrogens with two attached hydrogens (primary N) is 1. The molecular formula is C24H31N5O8. The minimum atomic E-state index is -1.42. The summed E-state index contributed by atoms with van der Waals surface area (Å²) in [6.07, 6.45) is 1.36. The molecule has 3 amide bonds. The molecule has 0 unspecified atom stereocenters. The van der Waals surface area contributed by atoms with Crippen molar-refractivity contribution in [3.8, 4) is 0 Å². The predicted octanol–water partition coefficient (Wildman–Crippen LogP) is 0.507. The standard InChI is InChI=1S/C24H31N5O8/c25-17(13-15-10-12-26-18-6-2-1-5-16(15)18)22(33)27-11-4-3-7-20(37-14-30)29-24(36)28-19(23(34)35)8-9-21(31)32/h1-2,5-6,10,12,14,17,19-20H,3-4,7-9,11,13,25H2,(H,27,33)(H,31,32)(H,34,35)(H2,28,29,36)/t17-,19-,20+/m0/s1. The van der Waals surface area contributed by atoms with E-state index in [1.165, 1.54) is 0 Å². The molecule has 200 valence electrons. The molecule has 2 aromatic rings. The SMILES string of the molecule is N[C@@H](Cc1ccnc2ccccc12)C(=O)NCCCC[C@H](NC(=O)N[C@@H](CCC(=O)O)C(=O)O)OC=O. The minimum Gasteiger partial charge on any atom is -0.481 e. The summed E-state index contributed by atoms with van der Waals surface area (Å²) in [4.78, 5) is 61.4. The van der Waals surface area contributed by atoms with Crippen LogP contribution in [-0.2, 0) is 30.3 Å². The Morgan fingerprint density at radius 3 is 2.51 bits per heavy atom. The highest BCUT2D eigenvalue weighted by atomic mass is 16.5. The van der Waals surface area contributed by atoms with E-state index in [9.17, 15) is 24.0 Å². The molecule has 1 aromatic carbocycles. The summed E-state index contributed by atoms with van der Waals surface area (Å²) in [7, 11) is 0. The fraction of sp³-hybridized carbons (Fsp3) is 0.417. The third kappa shape index (κ3) is 10.1. The molecule has 1 heterocycles. The topological polar surface area (TPSA) is 210 Å². The van der Waals surface area contributed by atoms with Gasteiger partial charge in [-0.25, -0.2) is 9.59 Å². The number of carboxylic acid groups (broad SMARTS) is 2. The fourth-order valence-corrected chi connectivity index (χ4v) is 3.57. The number of carboxylic acids is 2. The van der Waals surface area contributed by atoms with Crippen molar-refractivity contribution in [2.75, 3.05) is 6.54 Å². The van der Waals surface area contributed by atoms with Gasteiger partial charge >= 0.3 is 18.0 Å². The van der Waals surface area contributed by atoms with E-state index in [0.29, 0.717) is 25.8 Å². The Labute approximate surface area is 212 Å². The summed E-state index contributed by atoms with van der Waals surface area (Å²) in [5.74, 6) is -2.91. The smallest absolute Gasteiger partial charge is 0.326 e. The van der Waals surface area contributed by atoms with E-state index in [-0.39, 0.29) is 25.2 Å². The van der Waals surface area contributed by atoms with E-state index in [2.05, 4.69) is 20.9 Å². The highest BCUT2D eigenvalue weighted by Crippen LogP contribution is 2.17. The quantitative estimate of drug-likeness (QED) is 0.103. The first-order valence-corrected chi connectivity index (χ1v) is 11.7. The zero-order valence-electron chi connectivity index (χ0n) is 20.1. The number of hydrogen-bond acceptors (Lipinski definition) is 8. The van der Waals surface area contributed by atoms with Crippen LogP contribution in [0.2, 0.25) is 0 Å². The van der Waals surface area contributed by atoms with Crippen LogP contribution in [0.25, 0.3) is 10.9 Å². The van der Waals surface area contributed by atoms with Crippen molar-refractivity contribution in [3.05, 3.63) is 42.1 Å². The van der Waals surface area contributed by atoms with Crippen LogP contribution < -0.4 is 21.7 Å². The third-order valence-corrected chi connectivity index (χ3v) is 5.47. The lowest BCUT2D eigenvalue weighted by Crippen LogP contribution is -2.49. The van der Waals surface area contributed by atoms with E-state index in [1.807, 2.05) is 30.3 Å². The Morgan fingerprint density at radius 1 is 1.05 bits per heavy atom. The van der Waals surface area contributed by atoms with E-state index in [1.54, 1.807) is 6.20 Å². The van der Waals surface area contributed by atoms with Crippen LogP contribution in [0.5, 0.6) is 0 Å². The molecule has 1 aromatic heterocycles. The summed E-state index contributed by atoms with van der Waals surface area (Å²) < 4.78 is 4.81. The van der Waals surface area contributed by atoms with Crippen LogP contribution in [0.15, 0.2) is 36.5 Å². The molecule has 0 saturated carbocycles. The fourth-order valence-electron chi connectivity index (χ4n) is 3.57. The zero-order valence-corrected chi connectivity index (χ0v) is 20.1. The lowest BCUT2D eigenvalue weighted by molar-refractivity contribution is -0.141. The first-order valence-electron chi connectivity index (χ1n) is 11.7. The molecule has 3 atom stereocenters. The lowest BCUT2D eigenvalue weighted by Gasteiger charge is -2.20. The third-order valence-electron chi connectivity index (χ3n) is 5.47. The molecule has 0 spiro atoms. The summed E-state index contributed by atoms with van der Waals surface area (Å²) in [5, 5.41) is 26.0. The van der Waals surface area contributed by atoms with Gasteiger partial charge in [0.05, 0.1) is 11.6 Å². The van der Waals surface area contributed by atoms with Gasteiger partial charge < -0.3 is 36.6 Å². The summed E-state index contributed by atoms with van der Waals surface area (Å²) >= 11 is 0. The number of aromatic nitrogens is 1. The van der Waals surface area contributed by atoms with Gasteiger partial charge in [-0.3, -0.25) is 19.4 Å². The number of urea groups is 1. The number of ether oxygens (including phenoxy) is 1. The molecular weight excluding hydrogens is 486 g/mol. The van der Waals surface area contributed by atoms with Gasteiger partial charge in [-0.05, 0) is 43.4 Å². The Hall–Kier alpha value is -4.26. The van der Waals surface area contributed by atoms with E-state index in [0.717, 1.165) is 16.5 Å². The van der Waals surface area contributed by atoms with Gasteiger partial charge in [-0.2, -0.15) is 0 Å². The zero-order chi connectivity index (χ0) is 27.2. The van der Waals surface area contributed by atoms with E-state index < -0.39 is 42.7 Å². The number of carbonyl (C=O) groups excluding carboxylic acids is 3. The van der Waals surface area contributed by atoms with Crippen molar-refractivity contribution in [2.24, 2.45) is 5.73 Å². The summed E-state index contributed by atoms with van der Waals surface area (Å²) in [5.41, 5.74) is 7.81. The van der Waals surface area contributed by atoms with Gasteiger partial charge in [0.2, 0.25) is 5.91 Å². The van der Waals surface area contributed by atoms with Crippen LogP contribution in [-0.4, -0.2) is 70.4 Å². The second-order valence-electron chi connectivity index (χ2n) is 8.25. The highest BCUT2D eigenvalue weighted by molar-refractivity contribution is 5.85. The van der Waals surface area contributed by atoms with Gasteiger partial charge in [0.15, 0.2) is 6.23 Å². The van der Waals surface area contributed by atoms with E-state index >= 15 is 0 Å².